The number of ether oxygens (including phenoxy) is 1. The summed E-state index contributed by atoms with van der Waals surface area (Å²) >= 11 is 2.96. The Morgan fingerprint density at radius 3 is 2.18 bits per heavy atom. The highest BCUT2D eigenvalue weighted by atomic mass is 32.3. The van der Waals surface area contributed by atoms with E-state index in [1.807, 2.05) is 6.07 Å². The van der Waals surface area contributed by atoms with E-state index in [0.29, 0.717) is 16.9 Å². The molecule has 12 heteroatoms. The molecule has 3 aromatic rings. The fourth-order valence-electron chi connectivity index (χ4n) is 4.08. The third-order valence-electron chi connectivity index (χ3n) is 5.60. The Balaban J connectivity index is 1.32. The molecule has 3 heterocycles. The molecule has 0 spiro atoms. The van der Waals surface area contributed by atoms with E-state index < -0.39 is 40.0 Å². The normalized spacial score (nSPS) is 25.1. The lowest BCUT2D eigenvalue weighted by Crippen LogP contribution is -2.12. The summed E-state index contributed by atoms with van der Waals surface area (Å²) in [5.74, 6) is 0.331. The molecule has 0 saturated heterocycles. The molecule has 0 bridgehead atoms. The largest absolute Gasteiger partial charge is 0.468 e. The van der Waals surface area contributed by atoms with Gasteiger partial charge in [0.1, 0.15) is 10.6 Å². The van der Waals surface area contributed by atoms with Gasteiger partial charge >= 0.3 is 0 Å². The summed E-state index contributed by atoms with van der Waals surface area (Å²) < 4.78 is 80.4. The van der Waals surface area contributed by atoms with Crippen molar-refractivity contribution >= 4 is 53.0 Å². The van der Waals surface area contributed by atoms with E-state index in [-0.39, 0.29) is 19.3 Å². The van der Waals surface area contributed by atoms with Gasteiger partial charge in [0.15, 0.2) is 24.8 Å². The van der Waals surface area contributed by atoms with Gasteiger partial charge in [0, 0.05) is 15.4 Å². The van der Waals surface area contributed by atoms with E-state index in [1.165, 1.54) is 41.7 Å². The average molecular weight is 539 g/mol. The number of thioether (sulfide) groups is 2. The molecule has 0 saturated carbocycles. The third-order valence-corrected chi connectivity index (χ3v) is 15.0. The van der Waals surface area contributed by atoms with Crippen molar-refractivity contribution in [2.75, 3.05) is 5.08 Å². The molecule has 3 aliphatic rings. The number of benzene rings is 3. The molecular weight excluding hydrogens is 525 g/mol. The highest BCUT2D eigenvalue weighted by molar-refractivity contribution is 8.19. The van der Waals surface area contributed by atoms with Crippen molar-refractivity contribution in [2.24, 2.45) is 0 Å². The lowest BCUT2D eigenvalue weighted by molar-refractivity contribution is 0.292. The Kier molecular flexibility index (Phi) is 4.58. The zero-order chi connectivity index (χ0) is 23.2. The molecule has 0 radical (unpaired) electrons. The van der Waals surface area contributed by atoms with Gasteiger partial charge < -0.3 is 4.74 Å². The Morgan fingerprint density at radius 2 is 1.39 bits per heavy atom. The smallest absolute Gasteiger partial charge is 0.228 e. The first-order chi connectivity index (χ1) is 15.6. The molecule has 33 heavy (non-hydrogen) atoms. The summed E-state index contributed by atoms with van der Waals surface area (Å²) in [6.45, 7) is 0. The van der Waals surface area contributed by atoms with Gasteiger partial charge in [-0.3, -0.25) is 0 Å². The van der Waals surface area contributed by atoms with Crippen molar-refractivity contribution < 1.29 is 30.0 Å². The fraction of sp³-hybridized carbons (Fsp3) is 0.143. The van der Waals surface area contributed by atoms with Crippen molar-refractivity contribution in [3.05, 3.63) is 71.8 Å². The molecule has 7 nitrogen and oxygen atoms in total. The average Bonchev–Trinajstić information content (AvgIpc) is 3.36. The van der Waals surface area contributed by atoms with Gasteiger partial charge in [-0.05, 0) is 42.0 Å². The number of sulfone groups is 3. The van der Waals surface area contributed by atoms with Crippen LogP contribution in [0.1, 0.15) is 21.1 Å². The summed E-state index contributed by atoms with van der Waals surface area (Å²) in [6.07, 6.45) is 0. The molecule has 0 amide bonds. The minimum absolute atomic E-state index is 0.151. The van der Waals surface area contributed by atoms with Gasteiger partial charge in [0.25, 0.3) is 0 Å². The predicted molar refractivity (Wildman–Crippen MR) is 124 cm³/mol. The summed E-state index contributed by atoms with van der Waals surface area (Å²) in [7, 11) is -11.4. The Morgan fingerprint density at radius 1 is 0.697 bits per heavy atom. The minimum Gasteiger partial charge on any atom is -0.468 e. The van der Waals surface area contributed by atoms with Gasteiger partial charge in [0.2, 0.25) is 15.3 Å². The van der Waals surface area contributed by atoms with Crippen LogP contribution in [-0.2, 0) is 29.5 Å². The van der Waals surface area contributed by atoms with Crippen LogP contribution >= 0.6 is 23.5 Å². The molecule has 0 aliphatic carbocycles. The van der Waals surface area contributed by atoms with Crippen LogP contribution in [-0.4, -0.2) is 30.3 Å². The number of hydrogen-bond donors (Lipinski definition) is 0. The molecule has 0 fully saturated rings. The lowest BCUT2D eigenvalue weighted by atomic mass is 10.2. The van der Waals surface area contributed by atoms with Crippen LogP contribution in [0.2, 0.25) is 0 Å². The highest BCUT2D eigenvalue weighted by Crippen LogP contribution is 2.58. The maximum atomic E-state index is 12.9. The quantitative estimate of drug-likeness (QED) is 0.478. The maximum absolute atomic E-state index is 12.9. The van der Waals surface area contributed by atoms with Gasteiger partial charge in [-0.2, -0.15) is 0 Å². The van der Waals surface area contributed by atoms with Crippen LogP contribution in [0.5, 0.6) is 5.75 Å². The second-order valence-corrected chi connectivity index (χ2v) is 16.6. The molecule has 2 unspecified atom stereocenters. The van der Waals surface area contributed by atoms with E-state index >= 15 is 0 Å². The summed E-state index contributed by atoms with van der Waals surface area (Å²) in [4.78, 5) is 1.65. The second kappa shape index (κ2) is 7.01. The molecular formula is C21H14O7S5. The van der Waals surface area contributed by atoms with Crippen molar-refractivity contribution in [1.82, 2.24) is 0 Å². The SMILES string of the molecule is O=S1(=O)CS(=O)(=O)c2cc(C3Sc4ccc(C5Oc6ccccc6S5(=O)=O)cc4S3)ccc21. The van der Waals surface area contributed by atoms with E-state index in [2.05, 4.69) is 0 Å². The molecule has 170 valence electrons. The van der Waals surface area contributed by atoms with Crippen LogP contribution in [0.15, 0.2) is 85.1 Å². The van der Waals surface area contributed by atoms with Crippen LogP contribution in [0.25, 0.3) is 0 Å². The van der Waals surface area contributed by atoms with Gasteiger partial charge in [-0.1, -0.05) is 24.3 Å². The van der Waals surface area contributed by atoms with Gasteiger partial charge in [0.05, 0.1) is 14.4 Å². The fourth-order valence-corrected chi connectivity index (χ4v) is 13.3. The first kappa shape index (κ1) is 21.5. The third kappa shape index (κ3) is 3.26. The Bertz CT molecular complexity index is 1680. The molecule has 0 aromatic heterocycles. The Labute approximate surface area is 199 Å². The summed E-state index contributed by atoms with van der Waals surface area (Å²) in [5, 5.41) is -0.897. The van der Waals surface area contributed by atoms with Crippen LogP contribution < -0.4 is 4.74 Å². The van der Waals surface area contributed by atoms with Crippen molar-refractivity contribution in [3.8, 4) is 5.75 Å². The topological polar surface area (TPSA) is 112 Å². The monoisotopic (exact) mass is 538 g/mol. The number of para-hydroxylation sites is 1. The number of rotatable bonds is 2. The van der Waals surface area contributed by atoms with Crippen LogP contribution in [0.3, 0.4) is 0 Å². The molecule has 3 aromatic carbocycles. The van der Waals surface area contributed by atoms with E-state index in [4.69, 9.17) is 4.74 Å². The zero-order valence-corrected chi connectivity index (χ0v) is 20.6. The first-order valence-electron chi connectivity index (χ1n) is 9.63. The van der Waals surface area contributed by atoms with Crippen molar-refractivity contribution in [3.63, 3.8) is 0 Å². The molecule has 2 atom stereocenters. The van der Waals surface area contributed by atoms with Gasteiger partial charge in [-0.15, -0.1) is 23.5 Å². The Hall–Kier alpha value is -1.99. The highest BCUT2D eigenvalue weighted by Gasteiger charge is 2.42. The van der Waals surface area contributed by atoms with Crippen molar-refractivity contribution in [2.45, 2.75) is 34.5 Å². The standard InChI is InChI=1S/C21H14O7S5/c22-31(23)11-32(24,25)19-10-13(6-8-18(19)31)21-29-15-7-5-12(9-16(15)30-21)20-28-14-3-1-2-4-17(14)33(20,26)27/h1-10,20-21H,11H2. The van der Waals surface area contributed by atoms with Crippen LogP contribution in [0, 0.1) is 0 Å². The lowest BCUT2D eigenvalue weighted by Gasteiger charge is -2.11. The second-order valence-electron chi connectivity index (χ2n) is 7.77. The molecule has 0 N–H and O–H groups in total. The molecule has 6 rings (SSSR count). The predicted octanol–water partition coefficient (Wildman–Crippen LogP) is 3.97. The summed E-state index contributed by atoms with van der Waals surface area (Å²) in [6, 6.07) is 16.3. The number of hydrogen-bond acceptors (Lipinski definition) is 9. The first-order valence-corrected chi connectivity index (χ1v) is 16.2. The molecule has 3 aliphatic heterocycles. The summed E-state index contributed by atoms with van der Waals surface area (Å²) in [5.41, 5.74) is 0.0702. The van der Waals surface area contributed by atoms with Gasteiger partial charge in [-0.25, -0.2) is 25.3 Å². The maximum Gasteiger partial charge on any atom is 0.228 e. The zero-order valence-electron chi connectivity index (χ0n) is 16.5. The van der Waals surface area contributed by atoms with Crippen molar-refractivity contribution in [1.29, 1.82) is 0 Å². The van der Waals surface area contributed by atoms with E-state index in [0.717, 1.165) is 9.79 Å². The van der Waals surface area contributed by atoms with E-state index in [1.54, 1.807) is 36.4 Å². The minimum atomic E-state index is -3.88. The van der Waals surface area contributed by atoms with E-state index in [9.17, 15) is 25.3 Å². The number of fused-ring (bicyclic) bond motifs is 3. The van der Waals surface area contributed by atoms with Crippen LogP contribution in [0.4, 0.5) is 0 Å².